The Bertz CT molecular complexity index is 383. The minimum atomic E-state index is -0.143. The number of nitrogens with two attached hydrogens (primary N) is 1. The lowest BCUT2D eigenvalue weighted by atomic mass is 9.79. The van der Waals surface area contributed by atoms with Gasteiger partial charge in [-0.15, -0.1) is 0 Å². The molecule has 1 saturated carbocycles. The van der Waals surface area contributed by atoms with Crippen LogP contribution in [0.3, 0.4) is 0 Å². The zero-order chi connectivity index (χ0) is 13.7. The molecule has 0 unspecified atom stereocenters. The molecule has 0 spiro atoms. The molecule has 0 bridgehead atoms. The zero-order valence-electron chi connectivity index (χ0n) is 12.1. The summed E-state index contributed by atoms with van der Waals surface area (Å²) in [5, 5.41) is 4.22. The van der Waals surface area contributed by atoms with Crippen molar-refractivity contribution < 1.29 is 4.74 Å². The van der Waals surface area contributed by atoms with Crippen molar-refractivity contribution in [3.63, 3.8) is 0 Å². The van der Waals surface area contributed by atoms with Gasteiger partial charge in [0.2, 0.25) is 0 Å². The Hall–Kier alpha value is -0.940. The molecule has 0 aliphatic heterocycles. The Kier molecular flexibility index (Phi) is 4.93. The van der Waals surface area contributed by atoms with Gasteiger partial charge in [-0.2, -0.15) is 5.10 Å². The van der Waals surface area contributed by atoms with E-state index in [1.807, 2.05) is 4.68 Å². The monoisotopic (exact) mass is 266 g/mol. The summed E-state index contributed by atoms with van der Waals surface area (Å²) < 4.78 is 8.08. The molecule has 0 aromatic carbocycles. The first-order valence-electron chi connectivity index (χ1n) is 7.40. The highest BCUT2D eigenvalue weighted by atomic mass is 16.5. The van der Waals surface area contributed by atoms with Crippen LogP contribution in [0.25, 0.3) is 0 Å². The van der Waals surface area contributed by atoms with Crippen LogP contribution in [0.4, 0.5) is 0 Å². The first kappa shape index (κ1) is 14.5. The van der Waals surface area contributed by atoms with Crippen molar-refractivity contribution in [1.29, 1.82) is 0 Å². The molecule has 5 heteroatoms. The minimum Gasteiger partial charge on any atom is -0.366 e. The van der Waals surface area contributed by atoms with Crippen molar-refractivity contribution in [3.8, 4) is 0 Å². The molecule has 1 heterocycles. The van der Waals surface area contributed by atoms with Crippen LogP contribution in [0.15, 0.2) is 6.33 Å². The molecular formula is C14H26N4O. The van der Waals surface area contributed by atoms with Crippen molar-refractivity contribution in [2.75, 3.05) is 6.54 Å². The van der Waals surface area contributed by atoms with E-state index >= 15 is 0 Å². The molecule has 1 aliphatic rings. The van der Waals surface area contributed by atoms with Crippen molar-refractivity contribution in [2.45, 2.75) is 64.7 Å². The van der Waals surface area contributed by atoms with Crippen LogP contribution in [0.5, 0.6) is 0 Å². The molecule has 1 aromatic rings. The lowest BCUT2D eigenvalue weighted by Crippen LogP contribution is -2.43. The molecule has 1 fully saturated rings. The van der Waals surface area contributed by atoms with Crippen LogP contribution in [0.1, 0.15) is 51.8 Å². The minimum absolute atomic E-state index is 0.143. The summed E-state index contributed by atoms with van der Waals surface area (Å²) in [6.07, 6.45) is 7.19. The van der Waals surface area contributed by atoms with Gasteiger partial charge < -0.3 is 10.5 Å². The highest BCUT2D eigenvalue weighted by Crippen LogP contribution is 2.34. The molecule has 0 saturated heterocycles. The second-order valence-electron chi connectivity index (χ2n) is 5.76. The number of aryl methyl sites for hydroxylation is 1. The van der Waals surface area contributed by atoms with Crippen LogP contribution in [0.2, 0.25) is 0 Å². The maximum Gasteiger partial charge on any atom is 0.152 e. The third kappa shape index (κ3) is 3.54. The van der Waals surface area contributed by atoms with E-state index in [-0.39, 0.29) is 5.60 Å². The van der Waals surface area contributed by atoms with Gasteiger partial charge in [0.25, 0.3) is 0 Å². The van der Waals surface area contributed by atoms with E-state index in [1.165, 1.54) is 12.8 Å². The predicted octanol–water partition coefficient (Wildman–Crippen LogP) is 2.11. The van der Waals surface area contributed by atoms with Crippen LogP contribution in [-0.4, -0.2) is 26.9 Å². The highest BCUT2D eigenvalue weighted by molar-refractivity contribution is 4.89. The summed E-state index contributed by atoms with van der Waals surface area (Å²) in [7, 11) is 0. The van der Waals surface area contributed by atoms with Gasteiger partial charge in [0, 0.05) is 13.1 Å². The number of ether oxygens (including phenoxy) is 1. The highest BCUT2D eigenvalue weighted by Gasteiger charge is 2.34. The summed E-state index contributed by atoms with van der Waals surface area (Å²) in [4.78, 5) is 4.29. The van der Waals surface area contributed by atoms with Crippen molar-refractivity contribution >= 4 is 0 Å². The second kappa shape index (κ2) is 6.48. The average molecular weight is 266 g/mol. The van der Waals surface area contributed by atoms with Crippen molar-refractivity contribution in [2.24, 2.45) is 11.7 Å². The molecule has 2 rings (SSSR count). The van der Waals surface area contributed by atoms with E-state index in [0.29, 0.717) is 13.2 Å². The number of aromatic nitrogens is 3. The molecular weight excluding hydrogens is 240 g/mol. The molecule has 19 heavy (non-hydrogen) atoms. The first-order chi connectivity index (χ1) is 9.19. The summed E-state index contributed by atoms with van der Waals surface area (Å²) >= 11 is 0. The smallest absolute Gasteiger partial charge is 0.152 e. The van der Waals surface area contributed by atoms with Gasteiger partial charge in [-0.1, -0.05) is 13.8 Å². The Morgan fingerprint density at radius 1 is 1.47 bits per heavy atom. The van der Waals surface area contributed by atoms with Crippen LogP contribution in [-0.2, 0) is 17.9 Å². The zero-order valence-corrected chi connectivity index (χ0v) is 12.1. The number of rotatable bonds is 6. The average Bonchev–Trinajstić information content (AvgIpc) is 2.87. The SMILES string of the molecule is CCCn1ncnc1COC1(CN)CCC(C)CC1. The Morgan fingerprint density at radius 3 is 2.84 bits per heavy atom. The van der Waals surface area contributed by atoms with E-state index in [0.717, 1.165) is 37.5 Å². The molecule has 1 aliphatic carbocycles. The number of hydrogen-bond donors (Lipinski definition) is 1. The molecule has 1 aromatic heterocycles. The van der Waals surface area contributed by atoms with E-state index in [9.17, 15) is 0 Å². The van der Waals surface area contributed by atoms with Gasteiger partial charge in [0.1, 0.15) is 12.9 Å². The van der Waals surface area contributed by atoms with Crippen LogP contribution < -0.4 is 5.73 Å². The lowest BCUT2D eigenvalue weighted by molar-refractivity contribution is -0.0830. The summed E-state index contributed by atoms with van der Waals surface area (Å²) in [6, 6.07) is 0. The third-order valence-corrected chi connectivity index (χ3v) is 4.20. The molecule has 0 atom stereocenters. The summed E-state index contributed by atoms with van der Waals surface area (Å²) in [5.41, 5.74) is 5.81. The largest absolute Gasteiger partial charge is 0.366 e. The molecule has 5 nitrogen and oxygen atoms in total. The van der Waals surface area contributed by atoms with Gasteiger partial charge in [-0.25, -0.2) is 9.67 Å². The fourth-order valence-electron chi connectivity index (χ4n) is 2.71. The van der Waals surface area contributed by atoms with E-state index in [1.54, 1.807) is 6.33 Å². The summed E-state index contributed by atoms with van der Waals surface area (Å²) in [5.74, 6) is 1.71. The van der Waals surface area contributed by atoms with Crippen LogP contribution in [0, 0.1) is 5.92 Å². The van der Waals surface area contributed by atoms with Gasteiger partial charge in [0.15, 0.2) is 5.82 Å². The molecule has 2 N–H and O–H groups in total. The van der Waals surface area contributed by atoms with Gasteiger partial charge >= 0.3 is 0 Å². The second-order valence-corrected chi connectivity index (χ2v) is 5.76. The lowest BCUT2D eigenvalue weighted by Gasteiger charge is -2.38. The van der Waals surface area contributed by atoms with Gasteiger partial charge in [-0.05, 0) is 38.0 Å². The molecule has 108 valence electrons. The molecule has 0 amide bonds. The quantitative estimate of drug-likeness (QED) is 0.856. The Labute approximate surface area is 115 Å². The number of hydrogen-bond acceptors (Lipinski definition) is 4. The van der Waals surface area contributed by atoms with Gasteiger partial charge in [0.05, 0.1) is 5.60 Å². The van der Waals surface area contributed by atoms with E-state index in [4.69, 9.17) is 10.5 Å². The van der Waals surface area contributed by atoms with E-state index in [2.05, 4.69) is 23.9 Å². The molecule has 0 radical (unpaired) electrons. The first-order valence-corrected chi connectivity index (χ1v) is 7.40. The fourth-order valence-corrected chi connectivity index (χ4v) is 2.71. The van der Waals surface area contributed by atoms with E-state index < -0.39 is 0 Å². The van der Waals surface area contributed by atoms with Crippen molar-refractivity contribution in [3.05, 3.63) is 12.2 Å². The number of nitrogens with zero attached hydrogens (tertiary/aromatic N) is 3. The topological polar surface area (TPSA) is 66.0 Å². The Balaban J connectivity index is 1.94. The normalized spacial score (nSPS) is 27.6. The summed E-state index contributed by atoms with van der Waals surface area (Å²) in [6.45, 7) is 6.45. The van der Waals surface area contributed by atoms with Gasteiger partial charge in [-0.3, -0.25) is 0 Å². The maximum absolute atomic E-state index is 6.15. The van der Waals surface area contributed by atoms with Crippen LogP contribution >= 0.6 is 0 Å². The fraction of sp³-hybridized carbons (Fsp3) is 0.857. The maximum atomic E-state index is 6.15. The Morgan fingerprint density at radius 2 is 2.21 bits per heavy atom. The van der Waals surface area contributed by atoms with Crippen molar-refractivity contribution in [1.82, 2.24) is 14.8 Å². The predicted molar refractivity (Wildman–Crippen MR) is 74.5 cm³/mol. The standard InChI is InChI=1S/C14H26N4O/c1-3-8-18-13(16-11-17-18)9-19-14(10-15)6-4-12(2)5-7-14/h11-12H,3-10,15H2,1-2H3. The third-order valence-electron chi connectivity index (χ3n) is 4.20.